The minimum Gasteiger partial charge on any atom is -0.337 e. The van der Waals surface area contributed by atoms with E-state index in [9.17, 15) is 4.79 Å². The van der Waals surface area contributed by atoms with Crippen molar-refractivity contribution in [3.63, 3.8) is 0 Å². The Bertz CT molecular complexity index is 667. The number of nitrogens with one attached hydrogen (secondary N) is 1. The van der Waals surface area contributed by atoms with Crippen molar-refractivity contribution in [1.29, 1.82) is 0 Å². The lowest BCUT2D eigenvalue weighted by atomic mass is 10.4. The molecule has 2 aromatic heterocycles. The normalized spacial score (nSPS) is 18.0. The second kappa shape index (κ2) is 4.68. The van der Waals surface area contributed by atoms with Gasteiger partial charge in [-0.15, -0.1) is 5.10 Å². The number of H-pyrrole nitrogens is 1. The summed E-state index contributed by atoms with van der Waals surface area (Å²) in [7, 11) is 1.94. The molecule has 21 heavy (non-hydrogen) atoms. The first-order chi connectivity index (χ1) is 10.2. The lowest BCUT2D eigenvalue weighted by Crippen LogP contribution is -2.34. The molecule has 2 heterocycles. The molecule has 2 fully saturated rings. The molecule has 2 aliphatic rings. The molecule has 0 aliphatic heterocycles. The van der Waals surface area contributed by atoms with E-state index >= 15 is 0 Å². The van der Waals surface area contributed by atoms with Crippen molar-refractivity contribution >= 4 is 5.91 Å². The van der Waals surface area contributed by atoms with E-state index in [4.69, 9.17) is 0 Å². The van der Waals surface area contributed by atoms with Crippen molar-refractivity contribution in [3.05, 3.63) is 29.9 Å². The van der Waals surface area contributed by atoms with Gasteiger partial charge >= 0.3 is 0 Å². The summed E-state index contributed by atoms with van der Waals surface area (Å²) >= 11 is 0. The second-order valence-corrected chi connectivity index (χ2v) is 5.94. The average molecular weight is 286 g/mol. The van der Waals surface area contributed by atoms with Crippen molar-refractivity contribution in [2.75, 3.05) is 0 Å². The fraction of sp³-hybridized carbons (Fsp3) is 0.571. The maximum atomic E-state index is 12.7. The molecule has 2 aromatic rings. The Hall–Kier alpha value is -2.18. The van der Waals surface area contributed by atoms with Gasteiger partial charge in [-0.1, -0.05) is 0 Å². The standard InChI is InChI=1S/C14H18N6O/c1-19-7-6-15-11(19)8-20(10-4-5-10)14(21)13-16-12(17-18-13)9-2-3-9/h6-7,9-10H,2-5,8H2,1H3,(H,16,17,18). The van der Waals surface area contributed by atoms with Gasteiger partial charge < -0.3 is 9.47 Å². The first kappa shape index (κ1) is 12.6. The summed E-state index contributed by atoms with van der Waals surface area (Å²) in [6.45, 7) is 0.514. The fourth-order valence-electron chi connectivity index (χ4n) is 2.49. The van der Waals surface area contributed by atoms with E-state index in [0.717, 1.165) is 37.3 Å². The first-order valence-electron chi connectivity index (χ1n) is 7.42. The largest absolute Gasteiger partial charge is 0.337 e. The number of aryl methyl sites for hydroxylation is 1. The van der Waals surface area contributed by atoms with Crippen LogP contribution in [0.1, 0.15) is 53.9 Å². The molecule has 0 aromatic carbocycles. The monoisotopic (exact) mass is 286 g/mol. The highest BCUT2D eigenvalue weighted by atomic mass is 16.2. The molecule has 1 N–H and O–H groups in total. The van der Waals surface area contributed by atoms with E-state index in [1.807, 2.05) is 22.7 Å². The molecule has 0 radical (unpaired) electrons. The smallest absolute Gasteiger partial charge is 0.294 e. The predicted octanol–water partition coefficient (Wildman–Crippen LogP) is 1.22. The number of hydrogen-bond acceptors (Lipinski definition) is 4. The zero-order valence-electron chi connectivity index (χ0n) is 12.0. The third kappa shape index (κ3) is 2.43. The van der Waals surface area contributed by atoms with Crippen LogP contribution in [0, 0.1) is 0 Å². The summed E-state index contributed by atoms with van der Waals surface area (Å²) in [5.41, 5.74) is 0. The van der Waals surface area contributed by atoms with Gasteiger partial charge in [0.2, 0.25) is 5.82 Å². The van der Waals surface area contributed by atoms with Crippen LogP contribution in [-0.4, -0.2) is 41.6 Å². The summed E-state index contributed by atoms with van der Waals surface area (Å²) in [5.74, 6) is 2.41. The highest BCUT2D eigenvalue weighted by molar-refractivity contribution is 5.90. The van der Waals surface area contributed by atoms with Gasteiger partial charge in [-0.3, -0.25) is 9.89 Å². The van der Waals surface area contributed by atoms with Crippen LogP contribution < -0.4 is 0 Å². The molecular weight excluding hydrogens is 268 g/mol. The number of carbonyl (C=O) groups excluding carboxylic acids is 1. The molecule has 7 nitrogen and oxygen atoms in total. The van der Waals surface area contributed by atoms with Crippen LogP contribution in [0.3, 0.4) is 0 Å². The molecule has 4 rings (SSSR count). The fourth-order valence-corrected chi connectivity index (χ4v) is 2.49. The van der Waals surface area contributed by atoms with E-state index in [1.165, 1.54) is 0 Å². The highest BCUT2D eigenvalue weighted by Gasteiger charge is 2.36. The Kier molecular flexibility index (Phi) is 2.80. The molecule has 2 saturated carbocycles. The Balaban J connectivity index is 1.54. The molecule has 1 amide bonds. The summed E-state index contributed by atoms with van der Waals surface area (Å²) in [4.78, 5) is 23.2. The van der Waals surface area contributed by atoms with E-state index in [-0.39, 0.29) is 11.7 Å². The van der Waals surface area contributed by atoms with Gasteiger partial charge in [0.05, 0.1) is 6.54 Å². The van der Waals surface area contributed by atoms with Crippen LogP contribution in [0.2, 0.25) is 0 Å². The maximum Gasteiger partial charge on any atom is 0.294 e. The van der Waals surface area contributed by atoms with Crippen molar-refractivity contribution < 1.29 is 4.79 Å². The minimum atomic E-state index is -0.0938. The highest BCUT2D eigenvalue weighted by Crippen LogP contribution is 2.38. The van der Waals surface area contributed by atoms with Crippen LogP contribution >= 0.6 is 0 Å². The Morgan fingerprint density at radius 1 is 1.43 bits per heavy atom. The third-order valence-corrected chi connectivity index (χ3v) is 4.14. The van der Waals surface area contributed by atoms with Gasteiger partial charge in [0.1, 0.15) is 11.6 Å². The van der Waals surface area contributed by atoms with Gasteiger partial charge in [0.25, 0.3) is 5.91 Å². The third-order valence-electron chi connectivity index (χ3n) is 4.14. The van der Waals surface area contributed by atoms with E-state index < -0.39 is 0 Å². The van der Waals surface area contributed by atoms with Crippen molar-refractivity contribution in [3.8, 4) is 0 Å². The van der Waals surface area contributed by atoms with E-state index in [2.05, 4.69) is 20.2 Å². The molecule has 0 spiro atoms. The predicted molar refractivity (Wildman–Crippen MR) is 74.5 cm³/mol. The number of rotatable bonds is 5. The lowest BCUT2D eigenvalue weighted by molar-refractivity contribution is 0.0712. The first-order valence-corrected chi connectivity index (χ1v) is 7.42. The average Bonchev–Trinajstić information content (AvgIpc) is 3.41. The Labute approximate surface area is 122 Å². The van der Waals surface area contributed by atoms with Crippen LogP contribution in [0.15, 0.2) is 12.4 Å². The Morgan fingerprint density at radius 3 is 2.86 bits per heavy atom. The van der Waals surface area contributed by atoms with Crippen molar-refractivity contribution in [1.82, 2.24) is 29.6 Å². The molecule has 0 bridgehead atoms. The van der Waals surface area contributed by atoms with Crippen LogP contribution in [0.5, 0.6) is 0 Å². The molecule has 110 valence electrons. The number of aromatic nitrogens is 5. The van der Waals surface area contributed by atoms with Gasteiger partial charge in [-0.05, 0) is 25.7 Å². The lowest BCUT2D eigenvalue weighted by Gasteiger charge is -2.20. The maximum absolute atomic E-state index is 12.7. The minimum absolute atomic E-state index is 0.0938. The van der Waals surface area contributed by atoms with Crippen molar-refractivity contribution in [2.24, 2.45) is 7.05 Å². The summed E-state index contributed by atoms with van der Waals surface area (Å²) in [6.07, 6.45) is 8.03. The number of nitrogens with zero attached hydrogens (tertiary/aromatic N) is 5. The number of hydrogen-bond donors (Lipinski definition) is 1. The number of carbonyl (C=O) groups is 1. The van der Waals surface area contributed by atoms with Crippen LogP contribution in [-0.2, 0) is 13.6 Å². The Morgan fingerprint density at radius 2 is 2.24 bits per heavy atom. The van der Waals surface area contributed by atoms with Crippen LogP contribution in [0.4, 0.5) is 0 Å². The van der Waals surface area contributed by atoms with Gasteiger partial charge in [-0.25, -0.2) is 9.97 Å². The van der Waals surface area contributed by atoms with Gasteiger partial charge in [-0.2, -0.15) is 0 Å². The second-order valence-electron chi connectivity index (χ2n) is 5.94. The van der Waals surface area contributed by atoms with Crippen molar-refractivity contribution in [2.45, 2.75) is 44.2 Å². The zero-order valence-corrected chi connectivity index (χ0v) is 12.0. The molecule has 0 saturated heterocycles. The molecule has 2 aliphatic carbocycles. The van der Waals surface area contributed by atoms with Gasteiger partial charge in [0, 0.05) is 31.4 Å². The molecule has 0 unspecified atom stereocenters. The topological polar surface area (TPSA) is 79.7 Å². The SMILES string of the molecule is Cn1ccnc1CN(C(=O)c1n[nH]c(C2CC2)n1)C1CC1. The number of amides is 1. The van der Waals surface area contributed by atoms with E-state index in [1.54, 1.807) is 6.20 Å². The summed E-state index contributed by atoms with van der Waals surface area (Å²) < 4.78 is 1.94. The summed E-state index contributed by atoms with van der Waals surface area (Å²) in [6, 6.07) is 0.303. The van der Waals surface area contributed by atoms with Crippen LogP contribution in [0.25, 0.3) is 0 Å². The molecule has 7 heteroatoms. The number of imidazole rings is 1. The quantitative estimate of drug-likeness (QED) is 0.896. The molecular formula is C14H18N6O. The molecule has 0 atom stereocenters. The van der Waals surface area contributed by atoms with Gasteiger partial charge in [0.15, 0.2) is 0 Å². The zero-order chi connectivity index (χ0) is 14.4. The summed E-state index contributed by atoms with van der Waals surface area (Å²) in [5, 5.41) is 7.01. The van der Waals surface area contributed by atoms with E-state index in [0.29, 0.717) is 18.5 Å². The number of aromatic amines is 1.